The number of nitrogens with zero attached hydrogens (tertiary/aromatic N) is 4. The highest BCUT2D eigenvalue weighted by atomic mass is 32.2. The van der Waals surface area contributed by atoms with Crippen molar-refractivity contribution in [3.8, 4) is 28.1 Å². The van der Waals surface area contributed by atoms with E-state index < -0.39 is 39.0 Å². The van der Waals surface area contributed by atoms with Crippen molar-refractivity contribution in [1.82, 2.24) is 19.7 Å². The molecule has 0 unspecified atom stereocenters. The maximum atomic E-state index is 15.0. The molecule has 1 atom stereocenters. The Morgan fingerprint density at radius 1 is 0.868 bits per heavy atom. The van der Waals surface area contributed by atoms with Crippen molar-refractivity contribution in [3.63, 3.8) is 0 Å². The summed E-state index contributed by atoms with van der Waals surface area (Å²) >= 11 is 0. The Morgan fingerprint density at radius 2 is 1.58 bits per heavy atom. The van der Waals surface area contributed by atoms with Crippen LogP contribution in [-0.4, -0.2) is 38.8 Å². The molecule has 11 nitrogen and oxygen atoms in total. The molecule has 0 spiro atoms. The molecule has 0 aliphatic rings. The third kappa shape index (κ3) is 7.47. The van der Waals surface area contributed by atoms with Crippen LogP contribution >= 0.6 is 0 Å². The first-order valence-corrected chi connectivity index (χ1v) is 17.6. The number of fused-ring (bicyclic) bond motifs is 2. The minimum atomic E-state index is -4.02. The van der Waals surface area contributed by atoms with E-state index in [1.807, 2.05) is 6.92 Å². The fourth-order valence-electron chi connectivity index (χ4n) is 5.71. The number of benzene rings is 4. The normalized spacial score (nSPS) is 12.2. The second-order valence-corrected chi connectivity index (χ2v) is 13.7. The summed E-state index contributed by atoms with van der Waals surface area (Å²) in [5, 5.41) is 4.81. The van der Waals surface area contributed by atoms with Crippen molar-refractivity contribution in [2.24, 2.45) is 0 Å². The predicted molar refractivity (Wildman–Crippen MR) is 194 cm³/mol. The van der Waals surface area contributed by atoms with Crippen molar-refractivity contribution in [2.45, 2.75) is 44.7 Å². The van der Waals surface area contributed by atoms with Crippen LogP contribution in [0.5, 0.6) is 5.75 Å². The number of hydrogen-bond donors (Lipinski definition) is 2. The molecular weight excluding hydrogens is 712 g/mol. The molecule has 3 aromatic heterocycles. The molecule has 15 heteroatoms. The van der Waals surface area contributed by atoms with Gasteiger partial charge < -0.3 is 14.9 Å². The summed E-state index contributed by atoms with van der Waals surface area (Å²) in [7, 11) is -4.02. The van der Waals surface area contributed by atoms with Crippen molar-refractivity contribution in [2.75, 3.05) is 5.73 Å². The minimum absolute atomic E-state index is 0.00985. The van der Waals surface area contributed by atoms with Crippen molar-refractivity contribution >= 4 is 37.9 Å². The van der Waals surface area contributed by atoms with E-state index in [1.165, 1.54) is 71.7 Å². The molecule has 3 heterocycles. The van der Waals surface area contributed by atoms with Gasteiger partial charge in [0.15, 0.2) is 17.2 Å². The molecule has 0 bridgehead atoms. The van der Waals surface area contributed by atoms with Crippen LogP contribution in [0.1, 0.15) is 38.1 Å². The molecule has 3 N–H and O–H groups in total. The Hall–Kier alpha value is -6.06. The first-order chi connectivity index (χ1) is 25.1. The third-order valence-electron chi connectivity index (χ3n) is 8.16. The van der Waals surface area contributed by atoms with Crippen LogP contribution in [0, 0.1) is 24.4 Å². The monoisotopic (exact) mass is 743 g/mol. The summed E-state index contributed by atoms with van der Waals surface area (Å²) in [6.45, 7) is 7.12. The van der Waals surface area contributed by atoms with Gasteiger partial charge in [0.25, 0.3) is 10.1 Å². The Balaban J connectivity index is 0.000000376. The zero-order valence-electron chi connectivity index (χ0n) is 28.7. The number of hydrogen-bond acceptors (Lipinski definition) is 9. The molecule has 7 aromatic rings. The van der Waals surface area contributed by atoms with Crippen molar-refractivity contribution in [3.05, 3.63) is 130 Å². The standard InChI is InChI=1S/C31H24F3N5O3.C7H8O3S/c1-15(2)41-22-11-10-18(13-21(22)34)27-26-30(35)36-14-37-31(26)39(38-27)16(3)29-24(17-6-4-7-19(32)12-17)28(40)25-20(33)8-5-9-23(25)42-29;1-6-2-4-7(5-3-6)11(8,9)10/h4-16H,1-3H3,(H2,35,36,37);2-5H,1H3,(H,8,9,10)/t16-;/m1./s1. The molecule has 0 aliphatic heterocycles. The maximum Gasteiger partial charge on any atom is 0.294 e. The van der Waals surface area contributed by atoms with Crippen LogP contribution in [0.4, 0.5) is 19.0 Å². The number of aryl methyl sites for hydroxylation is 1. The first-order valence-electron chi connectivity index (χ1n) is 16.1. The summed E-state index contributed by atoms with van der Waals surface area (Å²) in [5.74, 6) is -1.67. The number of anilines is 1. The number of aromatic nitrogens is 4. The van der Waals surface area contributed by atoms with Crippen LogP contribution in [-0.2, 0) is 10.1 Å². The van der Waals surface area contributed by atoms with E-state index in [-0.39, 0.29) is 61.8 Å². The van der Waals surface area contributed by atoms with Gasteiger partial charge in [0, 0.05) is 5.56 Å². The minimum Gasteiger partial charge on any atom is -0.488 e. The largest absolute Gasteiger partial charge is 0.488 e. The van der Waals surface area contributed by atoms with Crippen LogP contribution in [0.15, 0.2) is 105 Å². The van der Waals surface area contributed by atoms with Gasteiger partial charge in [-0.1, -0.05) is 35.9 Å². The zero-order valence-corrected chi connectivity index (χ0v) is 29.5. The van der Waals surface area contributed by atoms with Gasteiger partial charge in [0.2, 0.25) is 5.43 Å². The van der Waals surface area contributed by atoms with Gasteiger partial charge in [-0.2, -0.15) is 13.5 Å². The molecular formula is C38H32F3N5O6S. The molecule has 53 heavy (non-hydrogen) atoms. The van der Waals surface area contributed by atoms with Gasteiger partial charge in [-0.25, -0.2) is 27.8 Å². The van der Waals surface area contributed by atoms with E-state index in [2.05, 4.69) is 9.97 Å². The molecule has 0 saturated carbocycles. The summed E-state index contributed by atoms with van der Waals surface area (Å²) in [6.07, 6.45) is 1.03. The molecule has 0 aliphatic carbocycles. The molecule has 7 rings (SSSR count). The van der Waals surface area contributed by atoms with Crippen molar-refractivity contribution < 1.29 is 35.3 Å². The SMILES string of the molecule is CC(C)Oc1ccc(-c2nn([C@H](C)c3oc4cccc(F)c4c(=O)c3-c3cccc(F)c3)c3ncnc(N)c23)cc1F.Cc1ccc(S(=O)(=O)O)cc1. The number of halogens is 3. The number of ether oxygens (including phenoxy) is 1. The van der Waals surface area contributed by atoms with E-state index in [0.717, 1.165) is 11.6 Å². The van der Waals surface area contributed by atoms with E-state index in [4.69, 9.17) is 24.5 Å². The van der Waals surface area contributed by atoms with Crippen LogP contribution < -0.4 is 15.9 Å². The Bertz CT molecular complexity index is 2660. The molecule has 272 valence electrons. The average molecular weight is 744 g/mol. The summed E-state index contributed by atoms with van der Waals surface area (Å²) in [6, 6.07) is 19.0. The number of nitrogen functional groups attached to an aromatic ring is 1. The second-order valence-electron chi connectivity index (χ2n) is 12.3. The fourth-order valence-corrected chi connectivity index (χ4v) is 6.19. The van der Waals surface area contributed by atoms with Crippen molar-refractivity contribution in [1.29, 1.82) is 0 Å². The molecule has 0 fully saturated rings. The lowest BCUT2D eigenvalue weighted by Gasteiger charge is -2.17. The highest BCUT2D eigenvalue weighted by Gasteiger charge is 2.28. The summed E-state index contributed by atoms with van der Waals surface area (Å²) in [4.78, 5) is 22.2. The topological polar surface area (TPSA) is 163 Å². The van der Waals surface area contributed by atoms with Crippen LogP contribution in [0.2, 0.25) is 0 Å². The maximum absolute atomic E-state index is 15.0. The smallest absolute Gasteiger partial charge is 0.294 e. The van der Waals surface area contributed by atoms with Gasteiger partial charge in [-0.15, -0.1) is 0 Å². The highest BCUT2D eigenvalue weighted by molar-refractivity contribution is 7.85. The average Bonchev–Trinajstić information content (AvgIpc) is 3.49. The fraction of sp³-hybridized carbons (Fsp3) is 0.158. The first kappa shape index (κ1) is 36.7. The third-order valence-corrected chi connectivity index (χ3v) is 9.03. The Kier molecular flexibility index (Phi) is 10.1. The Morgan fingerprint density at radius 3 is 2.25 bits per heavy atom. The van der Waals surface area contributed by atoms with E-state index in [1.54, 1.807) is 39.0 Å². The lowest BCUT2D eigenvalue weighted by molar-refractivity contribution is 0.231. The van der Waals surface area contributed by atoms with Gasteiger partial charge in [-0.05, 0) is 87.9 Å². The zero-order chi connectivity index (χ0) is 38.2. The molecule has 0 amide bonds. The number of rotatable bonds is 7. The predicted octanol–water partition coefficient (Wildman–Crippen LogP) is 7.90. The van der Waals surface area contributed by atoms with E-state index >= 15 is 0 Å². The van der Waals surface area contributed by atoms with Gasteiger partial charge in [0.05, 0.1) is 21.9 Å². The van der Waals surface area contributed by atoms with Crippen LogP contribution in [0.25, 0.3) is 44.4 Å². The molecule has 4 aromatic carbocycles. The van der Waals surface area contributed by atoms with E-state index in [0.29, 0.717) is 10.9 Å². The highest BCUT2D eigenvalue weighted by Crippen LogP contribution is 2.37. The van der Waals surface area contributed by atoms with E-state index in [9.17, 15) is 26.4 Å². The van der Waals surface area contributed by atoms with Crippen LogP contribution in [0.3, 0.4) is 0 Å². The quantitative estimate of drug-likeness (QED) is 0.153. The second kappa shape index (κ2) is 14.5. The lowest BCUT2D eigenvalue weighted by atomic mass is 9.99. The molecule has 0 radical (unpaired) electrons. The lowest BCUT2D eigenvalue weighted by Crippen LogP contribution is -2.17. The summed E-state index contributed by atoms with van der Waals surface area (Å²) < 4.78 is 86.8. The molecule has 0 saturated heterocycles. The van der Waals surface area contributed by atoms with Gasteiger partial charge in [0.1, 0.15) is 52.2 Å². The Labute approximate surface area is 301 Å². The van der Waals surface area contributed by atoms with Gasteiger partial charge >= 0.3 is 0 Å². The van der Waals surface area contributed by atoms with Gasteiger partial charge in [-0.3, -0.25) is 9.35 Å². The summed E-state index contributed by atoms with van der Waals surface area (Å²) in [5.41, 5.74) is 7.66. The number of nitrogens with two attached hydrogens (primary N) is 1.